The topological polar surface area (TPSA) is 146 Å². The van der Waals surface area contributed by atoms with Gasteiger partial charge in [-0.2, -0.15) is 19.6 Å². The van der Waals surface area contributed by atoms with Gasteiger partial charge in [-0.15, -0.1) is 0 Å². The van der Waals surface area contributed by atoms with Gasteiger partial charge in [0.25, 0.3) is 5.92 Å². The second kappa shape index (κ2) is 9.49. The zero-order valence-corrected chi connectivity index (χ0v) is 20.4. The third-order valence-electron chi connectivity index (χ3n) is 6.35. The van der Waals surface area contributed by atoms with Crippen molar-refractivity contribution >= 4 is 16.0 Å². The molecule has 2 fully saturated rings. The normalized spacial score (nSPS) is 28.9. The third kappa shape index (κ3) is 5.40. The fourth-order valence-electron chi connectivity index (χ4n) is 4.41. The van der Waals surface area contributed by atoms with Gasteiger partial charge in [-0.1, -0.05) is 0 Å². The quantitative estimate of drug-likeness (QED) is 0.570. The van der Waals surface area contributed by atoms with Crippen LogP contribution in [0, 0.1) is 11.3 Å². The number of nitrogens with zero attached hydrogens (tertiary/aromatic N) is 6. The van der Waals surface area contributed by atoms with E-state index in [1.807, 2.05) is 6.07 Å². The molecule has 1 aliphatic carbocycles. The third-order valence-corrected chi connectivity index (χ3v) is 8.17. The molecule has 2 N–H and O–H groups in total. The van der Waals surface area contributed by atoms with E-state index in [1.165, 1.54) is 24.0 Å². The van der Waals surface area contributed by atoms with Crippen LogP contribution in [0.5, 0.6) is 5.88 Å². The van der Waals surface area contributed by atoms with Crippen molar-refractivity contribution in [3.63, 3.8) is 0 Å². The van der Waals surface area contributed by atoms with Crippen LogP contribution in [0.25, 0.3) is 0 Å². The van der Waals surface area contributed by atoms with Gasteiger partial charge in [0, 0.05) is 39.2 Å². The number of piperidine rings is 1. The van der Waals surface area contributed by atoms with Crippen LogP contribution in [0.4, 0.5) is 19.1 Å². The lowest BCUT2D eigenvalue weighted by molar-refractivity contribution is -0.162. The maximum absolute atomic E-state index is 15.0. The predicted molar refractivity (Wildman–Crippen MR) is 119 cm³/mol. The number of sulfonamides is 1. The lowest BCUT2D eigenvalue weighted by Crippen LogP contribution is -2.51. The molecule has 1 saturated carbocycles. The molecule has 0 bridgehead atoms. The van der Waals surface area contributed by atoms with Gasteiger partial charge >= 0.3 is 0 Å². The molecule has 0 unspecified atom stereocenters. The van der Waals surface area contributed by atoms with Crippen molar-refractivity contribution in [2.45, 2.75) is 67.3 Å². The number of aliphatic hydroxyl groups is 1. The first-order chi connectivity index (χ1) is 16.8. The zero-order chi connectivity index (χ0) is 26.3. The molecule has 2 aromatic heterocycles. The van der Waals surface area contributed by atoms with Crippen LogP contribution in [0.15, 0.2) is 23.5 Å². The summed E-state index contributed by atoms with van der Waals surface area (Å²) in [7, 11) is -2.33. The highest BCUT2D eigenvalue weighted by molar-refractivity contribution is 7.89. The van der Waals surface area contributed by atoms with Crippen LogP contribution in [0.1, 0.15) is 38.2 Å². The summed E-state index contributed by atoms with van der Waals surface area (Å²) in [5, 5.41) is 26.5. The molecule has 36 heavy (non-hydrogen) atoms. The molecule has 2 aliphatic rings. The Labute approximate surface area is 205 Å². The summed E-state index contributed by atoms with van der Waals surface area (Å²) in [6.07, 6.45) is -0.305. The van der Waals surface area contributed by atoms with Crippen molar-refractivity contribution in [3.05, 3.63) is 24.2 Å². The van der Waals surface area contributed by atoms with Gasteiger partial charge in [0.2, 0.25) is 21.9 Å². The molecule has 1 saturated heterocycles. The molecule has 0 amide bonds. The van der Waals surface area contributed by atoms with E-state index in [2.05, 4.69) is 20.4 Å². The maximum atomic E-state index is 15.0. The van der Waals surface area contributed by atoms with Crippen LogP contribution in [0.2, 0.25) is 0 Å². The van der Waals surface area contributed by atoms with E-state index < -0.39 is 59.3 Å². The number of nitrogens with one attached hydrogen (secondary N) is 1. The number of hydrogen-bond acceptors (Lipinski definition) is 9. The first-order valence-corrected chi connectivity index (χ1v) is 12.7. The van der Waals surface area contributed by atoms with Crippen LogP contribution >= 0.6 is 0 Å². The molecule has 0 aromatic carbocycles. The van der Waals surface area contributed by atoms with Crippen molar-refractivity contribution < 1.29 is 31.4 Å². The second-order valence-electron chi connectivity index (χ2n) is 9.33. The lowest BCUT2D eigenvalue weighted by atomic mass is 9.81. The van der Waals surface area contributed by atoms with Gasteiger partial charge < -0.3 is 15.2 Å². The minimum Gasteiger partial charge on any atom is -0.470 e. The number of anilines is 1. The zero-order valence-electron chi connectivity index (χ0n) is 19.6. The number of ether oxygens (including phenoxy) is 1. The summed E-state index contributed by atoms with van der Waals surface area (Å²) in [5.74, 6) is -3.34. The number of hydrogen-bond donors (Lipinski definition) is 2. The van der Waals surface area contributed by atoms with E-state index in [0.29, 0.717) is 0 Å². The highest BCUT2D eigenvalue weighted by atomic mass is 32.2. The highest BCUT2D eigenvalue weighted by Crippen LogP contribution is 2.41. The molecule has 4 rings (SSSR count). The lowest BCUT2D eigenvalue weighted by Gasteiger charge is -2.40. The van der Waals surface area contributed by atoms with Crippen molar-refractivity contribution in [1.29, 1.82) is 5.26 Å². The summed E-state index contributed by atoms with van der Waals surface area (Å²) in [5.41, 5.74) is -1.94. The number of alkyl halides is 3. The number of aryl methyl sites for hydroxylation is 1. The van der Waals surface area contributed by atoms with Gasteiger partial charge in [0.1, 0.15) is 34.4 Å². The van der Waals surface area contributed by atoms with Crippen molar-refractivity contribution in [2.24, 2.45) is 7.05 Å². The van der Waals surface area contributed by atoms with Gasteiger partial charge in [0.05, 0.1) is 18.4 Å². The molecule has 11 nitrogen and oxygen atoms in total. The molecule has 3 heterocycles. The Morgan fingerprint density at radius 3 is 2.69 bits per heavy atom. The average molecular weight is 530 g/mol. The van der Waals surface area contributed by atoms with E-state index in [0.717, 1.165) is 10.5 Å². The summed E-state index contributed by atoms with van der Waals surface area (Å²) in [6.45, 7) is 0.875. The van der Waals surface area contributed by atoms with Gasteiger partial charge in [-0.05, 0) is 19.8 Å². The van der Waals surface area contributed by atoms with Crippen LogP contribution in [-0.4, -0.2) is 80.5 Å². The number of rotatable bonds is 6. The molecule has 1 aliphatic heterocycles. The molecule has 0 radical (unpaired) electrons. The number of halogens is 3. The Bertz CT molecular complexity index is 1260. The molecule has 0 spiro atoms. The van der Waals surface area contributed by atoms with Gasteiger partial charge in [-0.3, -0.25) is 4.68 Å². The number of aromatic nitrogens is 4. The van der Waals surface area contributed by atoms with E-state index in [4.69, 9.17) is 4.74 Å². The summed E-state index contributed by atoms with van der Waals surface area (Å²) >= 11 is 0. The molecular formula is C21H26F3N7O4S. The van der Waals surface area contributed by atoms with Crippen LogP contribution in [-0.2, 0) is 17.1 Å². The first-order valence-electron chi connectivity index (χ1n) is 11.2. The van der Waals surface area contributed by atoms with E-state index in [-0.39, 0.29) is 41.7 Å². The second-order valence-corrected chi connectivity index (χ2v) is 11.3. The summed E-state index contributed by atoms with van der Waals surface area (Å²) < 4.78 is 76.0. The first kappa shape index (κ1) is 26.1. The Balaban J connectivity index is 1.45. The fourth-order valence-corrected chi connectivity index (χ4v) is 5.86. The Kier molecular flexibility index (Phi) is 6.88. The van der Waals surface area contributed by atoms with E-state index in [1.54, 1.807) is 7.05 Å². The molecule has 4 atom stereocenters. The summed E-state index contributed by atoms with van der Waals surface area (Å²) in [4.78, 5) is 8.07. The Hall–Kier alpha value is -2.96. The molecule has 2 aromatic rings. The monoisotopic (exact) mass is 529 g/mol. The predicted octanol–water partition coefficient (Wildman–Crippen LogP) is 1.61. The summed E-state index contributed by atoms with van der Waals surface area (Å²) in [6, 6.07) is 1.02. The SMILES string of the molecule is Cn1cc(S(=O)(=O)N2CC[C@@H](Nc3ncc(C#N)c(O[C@@H]4CCC(F)(F)C[C@]4(C)O)n3)[C@H](F)C2)cn1. The standard InChI is InChI=1S/C21H26F3N7O4S/c1-20(32)12-21(23,24)5-3-17(20)35-18-13(7-25)8-26-19(29-18)28-16-4-6-31(11-15(16)22)36(33,34)14-9-27-30(2)10-14/h8-10,15-17,32H,3-6,11-12H2,1-2H3,(H,26,28,29)/t15-,16-,17-,20+/m1/s1. The fraction of sp³-hybridized carbons (Fsp3) is 0.619. The van der Waals surface area contributed by atoms with E-state index in [9.17, 15) is 32.0 Å². The molecular weight excluding hydrogens is 503 g/mol. The van der Waals surface area contributed by atoms with Crippen molar-refractivity contribution in [3.8, 4) is 11.9 Å². The van der Waals surface area contributed by atoms with E-state index >= 15 is 0 Å². The highest BCUT2D eigenvalue weighted by Gasteiger charge is 2.49. The van der Waals surface area contributed by atoms with Crippen molar-refractivity contribution in [1.82, 2.24) is 24.1 Å². The Morgan fingerprint density at radius 1 is 1.33 bits per heavy atom. The van der Waals surface area contributed by atoms with Gasteiger partial charge in [-0.25, -0.2) is 26.6 Å². The largest absolute Gasteiger partial charge is 0.470 e. The van der Waals surface area contributed by atoms with Crippen molar-refractivity contribution in [2.75, 3.05) is 18.4 Å². The van der Waals surface area contributed by atoms with Crippen LogP contribution < -0.4 is 10.1 Å². The Morgan fingerprint density at radius 2 is 2.08 bits per heavy atom. The van der Waals surface area contributed by atoms with Crippen LogP contribution in [0.3, 0.4) is 0 Å². The van der Waals surface area contributed by atoms with Gasteiger partial charge in [0.15, 0.2) is 0 Å². The molecule has 196 valence electrons. The maximum Gasteiger partial charge on any atom is 0.251 e. The number of nitriles is 1. The minimum atomic E-state index is -3.90. The molecule has 15 heteroatoms. The minimum absolute atomic E-state index is 0.0304. The average Bonchev–Trinajstić information content (AvgIpc) is 3.23. The smallest absolute Gasteiger partial charge is 0.251 e.